The zero-order valence-corrected chi connectivity index (χ0v) is 22.2. The van der Waals surface area contributed by atoms with Crippen LogP contribution in [0.4, 0.5) is 0 Å². The van der Waals surface area contributed by atoms with Crippen LogP contribution in [0.25, 0.3) is 0 Å². The molecule has 1 heterocycles. The van der Waals surface area contributed by atoms with E-state index in [1.165, 1.54) is 0 Å². The van der Waals surface area contributed by atoms with Gasteiger partial charge in [0.15, 0.2) is 5.78 Å². The third-order valence-electron chi connectivity index (χ3n) is 8.10. The minimum Gasteiger partial charge on any atom is -0.494 e. The Morgan fingerprint density at radius 3 is 1.89 bits per heavy atom. The summed E-state index contributed by atoms with van der Waals surface area (Å²) in [5.41, 5.74) is 3.56. The highest BCUT2D eigenvalue weighted by atomic mass is 16.6. The number of benzene rings is 2. The molecule has 0 N–H and O–H groups in total. The average Bonchev–Trinajstić information content (AvgIpc) is 3.22. The molecule has 6 nitrogen and oxygen atoms in total. The molecule has 0 saturated carbocycles. The van der Waals surface area contributed by atoms with Gasteiger partial charge in [0, 0.05) is 17.9 Å². The SMILES string of the molecule is CCCCOc1ccc([C@H]2CC(=O)C3=C(C2)C[C@@H](c2ccc(OCCCC)cc2)[C@H]2C(=O)OC(=O)[C@@H]32)cc1. The van der Waals surface area contributed by atoms with E-state index >= 15 is 0 Å². The number of hydrogen-bond donors (Lipinski definition) is 0. The van der Waals surface area contributed by atoms with Crippen molar-refractivity contribution < 1.29 is 28.6 Å². The van der Waals surface area contributed by atoms with E-state index in [0.29, 0.717) is 38.0 Å². The van der Waals surface area contributed by atoms with E-state index in [0.717, 1.165) is 53.9 Å². The normalized spacial score (nSPS) is 24.6. The number of unbranched alkanes of at least 4 members (excludes halogenated alkanes) is 2. The molecule has 1 saturated heterocycles. The van der Waals surface area contributed by atoms with Crippen LogP contribution in [-0.2, 0) is 19.1 Å². The molecule has 0 amide bonds. The summed E-state index contributed by atoms with van der Waals surface area (Å²) in [4.78, 5) is 39.1. The van der Waals surface area contributed by atoms with Crippen LogP contribution in [0.2, 0.25) is 0 Å². The number of ether oxygens (including phenoxy) is 3. The molecule has 0 unspecified atom stereocenters. The molecule has 38 heavy (non-hydrogen) atoms. The van der Waals surface area contributed by atoms with Crippen molar-refractivity contribution in [1.82, 2.24) is 0 Å². The van der Waals surface area contributed by atoms with Crippen molar-refractivity contribution in [2.24, 2.45) is 11.8 Å². The highest BCUT2D eigenvalue weighted by Gasteiger charge is 2.56. The average molecular weight is 517 g/mol. The molecule has 2 aliphatic carbocycles. The first kappa shape index (κ1) is 26.2. The number of rotatable bonds is 10. The lowest BCUT2D eigenvalue weighted by Crippen LogP contribution is -2.37. The number of Topliss-reactive ketones (excluding diaryl/α,β-unsaturated/α-hetero) is 1. The van der Waals surface area contributed by atoms with E-state index in [1.54, 1.807) is 0 Å². The number of carbonyl (C=O) groups is 3. The third kappa shape index (κ3) is 5.27. The molecule has 1 aliphatic heterocycles. The maximum Gasteiger partial charge on any atom is 0.322 e. The third-order valence-corrected chi connectivity index (χ3v) is 8.10. The van der Waals surface area contributed by atoms with Gasteiger partial charge in [-0.2, -0.15) is 0 Å². The number of hydrogen-bond acceptors (Lipinski definition) is 6. The van der Waals surface area contributed by atoms with E-state index in [2.05, 4.69) is 13.8 Å². The number of carbonyl (C=O) groups excluding carboxylic acids is 3. The van der Waals surface area contributed by atoms with Crippen molar-refractivity contribution >= 4 is 17.7 Å². The lowest BCUT2D eigenvalue weighted by atomic mass is 9.62. The van der Waals surface area contributed by atoms with Gasteiger partial charge in [0.25, 0.3) is 0 Å². The molecular formula is C32H36O6. The van der Waals surface area contributed by atoms with E-state index < -0.39 is 23.8 Å². The Kier molecular flexibility index (Phi) is 7.96. The van der Waals surface area contributed by atoms with Crippen LogP contribution in [0.1, 0.15) is 81.8 Å². The van der Waals surface area contributed by atoms with E-state index in [4.69, 9.17) is 14.2 Å². The van der Waals surface area contributed by atoms with Gasteiger partial charge in [0.05, 0.1) is 25.0 Å². The largest absolute Gasteiger partial charge is 0.494 e. The van der Waals surface area contributed by atoms with Crippen LogP contribution in [0.5, 0.6) is 11.5 Å². The predicted octanol–water partition coefficient (Wildman–Crippen LogP) is 6.29. The second-order valence-corrected chi connectivity index (χ2v) is 10.6. The van der Waals surface area contributed by atoms with Gasteiger partial charge in [-0.15, -0.1) is 0 Å². The molecule has 4 atom stereocenters. The molecule has 6 heteroatoms. The van der Waals surface area contributed by atoms with Gasteiger partial charge in [-0.05, 0) is 67.0 Å². The van der Waals surface area contributed by atoms with Crippen LogP contribution in [0, 0.1) is 11.8 Å². The van der Waals surface area contributed by atoms with Gasteiger partial charge < -0.3 is 14.2 Å². The van der Waals surface area contributed by atoms with Gasteiger partial charge in [-0.3, -0.25) is 14.4 Å². The fourth-order valence-electron chi connectivity index (χ4n) is 6.07. The van der Waals surface area contributed by atoms with Crippen LogP contribution in [0.15, 0.2) is 59.7 Å². The summed E-state index contributed by atoms with van der Waals surface area (Å²) in [5.74, 6) is -1.18. The first-order valence-electron chi connectivity index (χ1n) is 14.0. The fourth-order valence-corrected chi connectivity index (χ4v) is 6.07. The predicted molar refractivity (Wildman–Crippen MR) is 143 cm³/mol. The monoisotopic (exact) mass is 516 g/mol. The molecule has 0 bridgehead atoms. The lowest BCUT2D eigenvalue weighted by Gasteiger charge is -2.37. The van der Waals surface area contributed by atoms with Crippen LogP contribution >= 0.6 is 0 Å². The van der Waals surface area contributed by atoms with Crippen molar-refractivity contribution in [2.75, 3.05) is 13.2 Å². The van der Waals surface area contributed by atoms with Crippen LogP contribution in [-0.4, -0.2) is 30.9 Å². The minimum atomic E-state index is -0.806. The molecule has 0 aromatic heterocycles. The van der Waals surface area contributed by atoms with Crippen molar-refractivity contribution in [3.63, 3.8) is 0 Å². The lowest BCUT2D eigenvalue weighted by molar-refractivity contribution is -0.153. The Morgan fingerprint density at radius 1 is 0.737 bits per heavy atom. The van der Waals surface area contributed by atoms with Gasteiger partial charge >= 0.3 is 11.9 Å². The molecule has 3 aliphatic rings. The Labute approximate surface area is 224 Å². The van der Waals surface area contributed by atoms with Crippen molar-refractivity contribution in [1.29, 1.82) is 0 Å². The molecule has 0 radical (unpaired) electrons. The zero-order chi connectivity index (χ0) is 26.6. The molecule has 5 rings (SSSR count). The quantitative estimate of drug-likeness (QED) is 0.210. The highest BCUT2D eigenvalue weighted by Crippen LogP contribution is 2.53. The Hall–Kier alpha value is -3.41. The molecule has 1 fully saturated rings. The summed E-state index contributed by atoms with van der Waals surface area (Å²) in [7, 11) is 0. The first-order chi connectivity index (χ1) is 18.5. The summed E-state index contributed by atoms with van der Waals surface area (Å²) in [6, 6.07) is 15.8. The van der Waals surface area contributed by atoms with Gasteiger partial charge in [-0.1, -0.05) is 56.5 Å². The number of ketones is 1. The zero-order valence-electron chi connectivity index (χ0n) is 22.2. The van der Waals surface area contributed by atoms with Crippen molar-refractivity contribution in [3.8, 4) is 11.5 Å². The van der Waals surface area contributed by atoms with E-state index in [-0.39, 0.29) is 17.6 Å². The molecule has 200 valence electrons. The Bertz CT molecular complexity index is 1210. The first-order valence-corrected chi connectivity index (χ1v) is 14.0. The van der Waals surface area contributed by atoms with Gasteiger partial charge in [-0.25, -0.2) is 0 Å². The summed E-state index contributed by atoms with van der Waals surface area (Å²) >= 11 is 0. The molecule has 2 aromatic carbocycles. The van der Waals surface area contributed by atoms with Gasteiger partial charge in [0.2, 0.25) is 0 Å². The number of allylic oxidation sites excluding steroid dienone is 1. The Morgan fingerprint density at radius 2 is 1.32 bits per heavy atom. The molecular weight excluding hydrogens is 480 g/mol. The second kappa shape index (κ2) is 11.5. The number of fused-ring (bicyclic) bond motifs is 2. The van der Waals surface area contributed by atoms with Crippen LogP contribution < -0.4 is 9.47 Å². The summed E-state index contributed by atoms with van der Waals surface area (Å²) in [6.45, 7) is 5.61. The molecule has 0 spiro atoms. The fraction of sp³-hybridized carbons (Fsp3) is 0.469. The molecule has 2 aromatic rings. The van der Waals surface area contributed by atoms with Crippen molar-refractivity contribution in [2.45, 2.75) is 70.6 Å². The second-order valence-electron chi connectivity index (χ2n) is 10.6. The minimum absolute atomic E-state index is 0.0330. The standard InChI is InChI=1S/C32H36O6/c1-3-5-15-36-24-11-7-20(8-12-24)22-17-23-18-26(21-9-13-25(14-10-21)37-16-6-4-2)29-30(28(23)27(33)19-22)32(35)38-31(29)34/h7-14,22,26,29-30H,3-6,15-19H2,1-2H3/t22-,26+,29-,30+/m1/s1. The maximum absolute atomic E-state index is 13.4. The van der Waals surface area contributed by atoms with E-state index in [9.17, 15) is 14.4 Å². The van der Waals surface area contributed by atoms with Crippen molar-refractivity contribution in [3.05, 3.63) is 70.8 Å². The smallest absolute Gasteiger partial charge is 0.322 e. The number of esters is 2. The maximum atomic E-state index is 13.4. The summed E-state index contributed by atoms with van der Waals surface area (Å²) in [5, 5.41) is 0. The van der Waals surface area contributed by atoms with Crippen LogP contribution in [0.3, 0.4) is 0 Å². The number of cyclic esters (lactones) is 2. The summed E-state index contributed by atoms with van der Waals surface area (Å²) in [6.07, 6.45) is 5.73. The highest BCUT2D eigenvalue weighted by molar-refractivity contribution is 6.09. The van der Waals surface area contributed by atoms with E-state index in [1.807, 2.05) is 48.5 Å². The Balaban J connectivity index is 1.39. The summed E-state index contributed by atoms with van der Waals surface area (Å²) < 4.78 is 16.7. The van der Waals surface area contributed by atoms with Gasteiger partial charge in [0.1, 0.15) is 11.5 Å². The topological polar surface area (TPSA) is 78.9 Å².